The maximum Gasteiger partial charge on any atom is 2.00 e. The molecular formula is C42H32Cl2Zr2-2. The minimum atomic E-state index is 0. The quantitative estimate of drug-likeness (QED) is 0.214. The summed E-state index contributed by atoms with van der Waals surface area (Å²) in [6.45, 7) is 0. The van der Waals surface area contributed by atoms with E-state index in [1.807, 2.05) is 48.6 Å². The summed E-state index contributed by atoms with van der Waals surface area (Å²) in [5.41, 5.74) is 10.4. The first-order valence-corrected chi connectivity index (χ1v) is 14.3. The van der Waals surface area contributed by atoms with Gasteiger partial charge in [0.25, 0.3) is 0 Å². The molecule has 0 aromatic heterocycles. The molecule has 0 amide bonds. The minimum absolute atomic E-state index is 0. The fraction of sp³-hybridized carbons (Fsp3) is 0.143. The fourth-order valence-corrected chi connectivity index (χ4v) is 5.69. The molecule has 46 heavy (non-hydrogen) atoms. The normalized spacial score (nSPS) is 15.2. The van der Waals surface area contributed by atoms with Crippen molar-refractivity contribution in [3.05, 3.63) is 168 Å². The largest absolute Gasteiger partial charge is 2.00 e. The molecule has 0 fully saturated rings. The van der Waals surface area contributed by atoms with Crippen molar-refractivity contribution in [2.75, 3.05) is 0 Å². The van der Waals surface area contributed by atoms with Gasteiger partial charge in [-0.15, -0.1) is 59.8 Å². The van der Waals surface area contributed by atoms with Crippen LogP contribution in [0, 0.1) is 49.0 Å². The number of fused-ring (bicyclic) bond motifs is 6. The third kappa shape index (κ3) is 10.2. The second-order valence-electron chi connectivity index (χ2n) is 10.1. The Hall–Kier alpha value is -2.69. The van der Waals surface area contributed by atoms with Crippen LogP contribution in [0.15, 0.2) is 121 Å². The third-order valence-electron chi connectivity index (χ3n) is 7.54. The SMILES string of the molecule is C#CCC1c2[c-]cccc2-c2ccccc21.C#CCC1c2[c-]cccc2-c2ccccc21.[C-]1=CC=CC1.[C-]1=CC=CC1.[Cl-].[Cl-].[Zr+2].[Zr+2]. The predicted molar refractivity (Wildman–Crippen MR) is 175 cm³/mol. The van der Waals surface area contributed by atoms with Crippen LogP contribution in [0.2, 0.25) is 0 Å². The number of hydrogen-bond acceptors (Lipinski definition) is 0. The van der Waals surface area contributed by atoms with Gasteiger partial charge in [0.1, 0.15) is 0 Å². The van der Waals surface area contributed by atoms with Gasteiger partial charge in [-0.25, -0.2) is 24.3 Å². The van der Waals surface area contributed by atoms with Crippen molar-refractivity contribution in [1.29, 1.82) is 0 Å². The van der Waals surface area contributed by atoms with Gasteiger partial charge in [0, 0.05) is 12.8 Å². The molecule has 4 aromatic rings. The van der Waals surface area contributed by atoms with Crippen molar-refractivity contribution in [2.45, 2.75) is 37.5 Å². The van der Waals surface area contributed by atoms with E-state index in [0.29, 0.717) is 11.8 Å². The van der Waals surface area contributed by atoms with Crippen LogP contribution in [0.3, 0.4) is 0 Å². The molecule has 0 heterocycles. The summed E-state index contributed by atoms with van der Waals surface area (Å²) in [4.78, 5) is 0. The third-order valence-corrected chi connectivity index (χ3v) is 7.54. The van der Waals surface area contributed by atoms with Crippen LogP contribution >= 0.6 is 0 Å². The first-order valence-electron chi connectivity index (χ1n) is 14.3. The van der Waals surface area contributed by atoms with Gasteiger partial charge in [-0.05, 0) is 23.0 Å². The Morgan fingerprint density at radius 3 is 1.28 bits per heavy atom. The van der Waals surface area contributed by atoms with Crippen molar-refractivity contribution < 1.29 is 77.2 Å². The van der Waals surface area contributed by atoms with Crippen LogP contribution in [0.25, 0.3) is 22.3 Å². The van der Waals surface area contributed by atoms with Crippen LogP contribution in [-0.4, -0.2) is 0 Å². The zero-order valence-electron chi connectivity index (χ0n) is 25.4. The smallest absolute Gasteiger partial charge is 1.00 e. The number of benzene rings is 4. The Morgan fingerprint density at radius 1 is 0.565 bits per heavy atom. The van der Waals surface area contributed by atoms with Crippen LogP contribution in [0.1, 0.15) is 59.8 Å². The van der Waals surface area contributed by atoms with Crippen LogP contribution < -0.4 is 24.8 Å². The van der Waals surface area contributed by atoms with Crippen LogP contribution in [-0.2, 0) is 52.4 Å². The Morgan fingerprint density at radius 2 is 0.957 bits per heavy atom. The fourth-order valence-electron chi connectivity index (χ4n) is 5.69. The van der Waals surface area contributed by atoms with Gasteiger partial charge in [0.15, 0.2) is 0 Å². The second kappa shape index (κ2) is 22.0. The molecule has 4 aromatic carbocycles. The van der Waals surface area contributed by atoms with E-state index in [0.717, 1.165) is 25.7 Å². The average molecular weight is 790 g/mol. The number of hydrogen-bond donors (Lipinski definition) is 0. The van der Waals surface area contributed by atoms with Gasteiger partial charge in [0.2, 0.25) is 0 Å². The number of terminal acetylenes is 2. The Kier molecular flexibility index (Phi) is 19.7. The number of halogens is 2. The monoisotopic (exact) mass is 786 g/mol. The first kappa shape index (κ1) is 41.3. The number of allylic oxidation sites excluding steroid dienone is 8. The molecule has 8 rings (SSSR count). The van der Waals surface area contributed by atoms with Crippen molar-refractivity contribution >= 4 is 0 Å². The summed E-state index contributed by atoms with van der Waals surface area (Å²) in [6.07, 6.45) is 32.4. The standard InChI is InChI=1S/2C16H11.2C5H5.2ClH.2Zr/c2*1-2-7-12-13-8-3-5-10-15(13)16-11-6-4-9-14(12)16;2*1-2-4-5-3-1;;;;/h2*1,3-6,8,10-12H,7H2;2*1-3H,4H2;2*1H;;/q4*-1;;;2*+2/p-2. The molecule has 0 saturated heterocycles. The molecule has 2 unspecified atom stereocenters. The molecule has 224 valence electrons. The molecule has 4 aliphatic rings. The van der Waals surface area contributed by atoms with Gasteiger partial charge in [-0.2, -0.15) is 60.7 Å². The average Bonchev–Trinajstić information content (AvgIpc) is 3.88. The van der Waals surface area contributed by atoms with Gasteiger partial charge >= 0.3 is 52.4 Å². The molecule has 0 spiro atoms. The molecule has 2 atom stereocenters. The van der Waals surface area contributed by atoms with Crippen molar-refractivity contribution in [3.63, 3.8) is 0 Å². The van der Waals surface area contributed by atoms with Gasteiger partial charge in [-0.3, -0.25) is 12.2 Å². The maximum absolute atomic E-state index is 5.46. The number of rotatable bonds is 2. The van der Waals surface area contributed by atoms with Gasteiger partial charge in [0.05, 0.1) is 0 Å². The summed E-state index contributed by atoms with van der Waals surface area (Å²) >= 11 is 0. The minimum Gasteiger partial charge on any atom is -1.00 e. The van der Waals surface area contributed by atoms with E-state index in [1.165, 1.54) is 44.5 Å². The molecule has 4 heteroatoms. The van der Waals surface area contributed by atoms with E-state index in [1.54, 1.807) is 0 Å². The van der Waals surface area contributed by atoms with Crippen molar-refractivity contribution in [3.8, 4) is 46.9 Å². The summed E-state index contributed by atoms with van der Waals surface area (Å²) in [6, 6.07) is 36.0. The molecule has 0 saturated carbocycles. The van der Waals surface area contributed by atoms with Crippen molar-refractivity contribution in [2.24, 2.45) is 0 Å². The molecular weight excluding hydrogens is 758 g/mol. The Balaban J connectivity index is 0.000000332. The first-order chi connectivity index (χ1) is 20.8. The van der Waals surface area contributed by atoms with E-state index < -0.39 is 0 Å². The maximum atomic E-state index is 5.46. The van der Waals surface area contributed by atoms with E-state index >= 15 is 0 Å². The van der Waals surface area contributed by atoms with E-state index in [9.17, 15) is 0 Å². The summed E-state index contributed by atoms with van der Waals surface area (Å²) in [7, 11) is 0. The second-order valence-corrected chi connectivity index (χ2v) is 10.1. The zero-order chi connectivity index (χ0) is 29.0. The Bertz CT molecular complexity index is 1490. The molecule has 0 bridgehead atoms. The molecule has 4 aliphatic carbocycles. The molecule has 0 radical (unpaired) electrons. The van der Waals surface area contributed by atoms with E-state index in [-0.39, 0.29) is 77.2 Å². The molecule has 0 N–H and O–H groups in total. The summed E-state index contributed by atoms with van der Waals surface area (Å²) in [5, 5.41) is 0. The van der Waals surface area contributed by atoms with E-state index in [2.05, 4.69) is 109 Å². The molecule has 0 aliphatic heterocycles. The van der Waals surface area contributed by atoms with Gasteiger partial charge < -0.3 is 24.8 Å². The van der Waals surface area contributed by atoms with E-state index in [4.69, 9.17) is 12.8 Å². The van der Waals surface area contributed by atoms with Crippen LogP contribution in [0.5, 0.6) is 0 Å². The summed E-state index contributed by atoms with van der Waals surface area (Å²) < 4.78 is 0. The van der Waals surface area contributed by atoms with Gasteiger partial charge in [-0.1, -0.05) is 59.7 Å². The Labute approximate surface area is 326 Å². The summed E-state index contributed by atoms with van der Waals surface area (Å²) in [5.74, 6) is 6.20. The predicted octanol–water partition coefficient (Wildman–Crippen LogP) is 3.86. The van der Waals surface area contributed by atoms with Crippen LogP contribution in [0.4, 0.5) is 0 Å². The zero-order valence-corrected chi connectivity index (χ0v) is 31.9. The van der Waals surface area contributed by atoms with Crippen molar-refractivity contribution in [1.82, 2.24) is 0 Å². The molecule has 0 nitrogen and oxygen atoms in total. The topological polar surface area (TPSA) is 0 Å².